The summed E-state index contributed by atoms with van der Waals surface area (Å²) in [5.41, 5.74) is 0.767. The Labute approximate surface area is 175 Å². The van der Waals surface area contributed by atoms with E-state index in [4.69, 9.17) is 0 Å². The van der Waals surface area contributed by atoms with E-state index < -0.39 is 16.9 Å². The van der Waals surface area contributed by atoms with E-state index in [1.165, 1.54) is 12.8 Å². The molecule has 1 aliphatic rings. The van der Waals surface area contributed by atoms with Crippen molar-refractivity contribution in [2.75, 3.05) is 19.6 Å². The van der Waals surface area contributed by atoms with Gasteiger partial charge in [0.2, 0.25) is 5.91 Å². The molecule has 0 aromatic heterocycles. The molecule has 7 heteroatoms. The standard InChI is InChI=1S/C21H24F2N2OS.ClH/c22-17-8-9-18(23)19(13-17)27-20(16-6-2-1-3-7-16)21(26)25-12-10-15-5-4-11-24-14-15;/h1-3,6-9,13,15,20,24H,4-5,10-12,14H2,(H,25,26);1H. The average molecular weight is 427 g/mol. The van der Waals surface area contributed by atoms with Crippen molar-refractivity contribution in [3.63, 3.8) is 0 Å². The molecule has 0 bridgehead atoms. The quantitative estimate of drug-likeness (QED) is 0.629. The van der Waals surface area contributed by atoms with Crippen molar-refractivity contribution >= 4 is 30.1 Å². The summed E-state index contributed by atoms with van der Waals surface area (Å²) < 4.78 is 27.6. The number of benzene rings is 2. The molecule has 2 N–H and O–H groups in total. The molecule has 2 aromatic rings. The predicted octanol–water partition coefficient (Wildman–Crippen LogP) is 4.73. The van der Waals surface area contributed by atoms with Crippen molar-refractivity contribution in [1.82, 2.24) is 10.6 Å². The highest BCUT2D eigenvalue weighted by molar-refractivity contribution is 8.00. The molecule has 2 aromatic carbocycles. The average Bonchev–Trinajstić information content (AvgIpc) is 2.70. The summed E-state index contributed by atoms with van der Waals surface area (Å²) in [5, 5.41) is 5.72. The Morgan fingerprint density at radius 1 is 1.21 bits per heavy atom. The summed E-state index contributed by atoms with van der Waals surface area (Å²) in [6.07, 6.45) is 3.26. The second-order valence-corrected chi connectivity index (χ2v) is 7.92. The van der Waals surface area contributed by atoms with Gasteiger partial charge in [0, 0.05) is 11.4 Å². The SMILES string of the molecule is Cl.O=C(NCCC1CCCNC1)C(Sc1cc(F)ccc1F)c1ccccc1. The molecule has 2 atom stereocenters. The first kappa shape index (κ1) is 22.7. The van der Waals surface area contributed by atoms with E-state index >= 15 is 0 Å². The van der Waals surface area contributed by atoms with Gasteiger partial charge in [0.15, 0.2) is 0 Å². The Bertz CT molecular complexity index is 757. The van der Waals surface area contributed by atoms with Gasteiger partial charge in [-0.3, -0.25) is 4.79 Å². The zero-order valence-electron chi connectivity index (χ0n) is 15.5. The molecule has 2 unspecified atom stereocenters. The van der Waals surface area contributed by atoms with Crippen LogP contribution in [0.3, 0.4) is 0 Å². The van der Waals surface area contributed by atoms with Gasteiger partial charge in [-0.05, 0) is 62.0 Å². The van der Waals surface area contributed by atoms with Crippen LogP contribution >= 0.6 is 24.2 Å². The number of carbonyl (C=O) groups is 1. The van der Waals surface area contributed by atoms with Crippen LogP contribution in [0.15, 0.2) is 53.4 Å². The third-order valence-corrected chi connectivity index (χ3v) is 6.02. The molecule has 3 nitrogen and oxygen atoms in total. The molecule has 28 heavy (non-hydrogen) atoms. The number of hydrogen-bond donors (Lipinski definition) is 2. The van der Waals surface area contributed by atoms with Gasteiger partial charge in [0.1, 0.15) is 16.9 Å². The van der Waals surface area contributed by atoms with Crippen LogP contribution in [0, 0.1) is 17.6 Å². The monoisotopic (exact) mass is 426 g/mol. The molecule has 0 saturated carbocycles. The van der Waals surface area contributed by atoms with E-state index in [2.05, 4.69) is 10.6 Å². The maximum absolute atomic E-state index is 14.1. The molecular weight excluding hydrogens is 402 g/mol. The lowest BCUT2D eigenvalue weighted by Gasteiger charge is -2.23. The summed E-state index contributed by atoms with van der Waals surface area (Å²) in [6.45, 7) is 2.64. The Kier molecular flexibility index (Phi) is 9.22. The molecule has 3 rings (SSSR count). The summed E-state index contributed by atoms with van der Waals surface area (Å²) >= 11 is 1.04. The number of piperidine rings is 1. The van der Waals surface area contributed by atoms with Crippen LogP contribution in [0.25, 0.3) is 0 Å². The summed E-state index contributed by atoms with van der Waals surface area (Å²) in [6, 6.07) is 12.5. The van der Waals surface area contributed by atoms with Crippen molar-refractivity contribution in [2.45, 2.75) is 29.4 Å². The highest BCUT2D eigenvalue weighted by atomic mass is 35.5. The fraction of sp³-hybridized carbons (Fsp3) is 0.381. The number of nitrogens with one attached hydrogen (secondary N) is 2. The van der Waals surface area contributed by atoms with Crippen molar-refractivity contribution in [1.29, 1.82) is 0 Å². The molecule has 1 fully saturated rings. The maximum Gasteiger partial charge on any atom is 0.237 e. The molecular formula is C21H25ClF2N2OS. The molecule has 1 amide bonds. The van der Waals surface area contributed by atoms with Crippen LogP contribution in [-0.2, 0) is 4.79 Å². The normalized spacial score (nSPS) is 17.4. The topological polar surface area (TPSA) is 41.1 Å². The fourth-order valence-corrected chi connectivity index (χ4v) is 4.36. The number of amides is 1. The minimum absolute atomic E-state index is 0. The number of thioether (sulfide) groups is 1. The highest BCUT2D eigenvalue weighted by Gasteiger charge is 2.24. The van der Waals surface area contributed by atoms with Gasteiger partial charge >= 0.3 is 0 Å². The first-order chi connectivity index (χ1) is 13.1. The van der Waals surface area contributed by atoms with Crippen molar-refractivity contribution in [3.05, 3.63) is 65.7 Å². The number of halogens is 3. The van der Waals surface area contributed by atoms with Gasteiger partial charge in [-0.25, -0.2) is 8.78 Å². The highest BCUT2D eigenvalue weighted by Crippen LogP contribution is 2.37. The molecule has 0 spiro atoms. The van der Waals surface area contributed by atoms with Gasteiger partial charge in [0.25, 0.3) is 0 Å². The van der Waals surface area contributed by atoms with Gasteiger partial charge in [-0.1, -0.05) is 30.3 Å². The molecule has 1 heterocycles. The minimum Gasteiger partial charge on any atom is -0.355 e. The van der Waals surface area contributed by atoms with Gasteiger partial charge < -0.3 is 10.6 Å². The van der Waals surface area contributed by atoms with E-state index in [9.17, 15) is 13.6 Å². The molecule has 152 valence electrons. The number of hydrogen-bond acceptors (Lipinski definition) is 3. The molecule has 0 aliphatic carbocycles. The van der Waals surface area contributed by atoms with E-state index in [1.54, 1.807) is 0 Å². The van der Waals surface area contributed by atoms with Gasteiger partial charge in [-0.15, -0.1) is 24.2 Å². The van der Waals surface area contributed by atoms with Crippen LogP contribution in [0.1, 0.15) is 30.1 Å². The number of carbonyl (C=O) groups excluding carboxylic acids is 1. The zero-order chi connectivity index (χ0) is 19.1. The van der Waals surface area contributed by atoms with Crippen molar-refractivity contribution < 1.29 is 13.6 Å². The Hall–Kier alpha value is -1.63. The smallest absolute Gasteiger partial charge is 0.237 e. The van der Waals surface area contributed by atoms with E-state index in [-0.39, 0.29) is 23.2 Å². The summed E-state index contributed by atoms with van der Waals surface area (Å²) in [5.74, 6) is -0.652. The fourth-order valence-electron chi connectivity index (χ4n) is 3.26. The van der Waals surface area contributed by atoms with Gasteiger partial charge in [0.05, 0.1) is 0 Å². The van der Waals surface area contributed by atoms with Crippen molar-refractivity contribution in [3.8, 4) is 0 Å². The Morgan fingerprint density at radius 3 is 2.71 bits per heavy atom. The van der Waals surface area contributed by atoms with E-state index in [0.29, 0.717) is 12.5 Å². The van der Waals surface area contributed by atoms with Crippen LogP contribution < -0.4 is 10.6 Å². The Balaban J connectivity index is 0.00000280. The minimum atomic E-state index is -0.632. The largest absolute Gasteiger partial charge is 0.355 e. The first-order valence-corrected chi connectivity index (χ1v) is 10.2. The molecule has 0 radical (unpaired) electrons. The summed E-state index contributed by atoms with van der Waals surface area (Å²) in [7, 11) is 0. The summed E-state index contributed by atoms with van der Waals surface area (Å²) in [4.78, 5) is 13.0. The van der Waals surface area contributed by atoms with Crippen molar-refractivity contribution in [2.24, 2.45) is 5.92 Å². The lowest BCUT2D eigenvalue weighted by Crippen LogP contribution is -2.34. The lowest BCUT2D eigenvalue weighted by atomic mass is 9.96. The Morgan fingerprint density at radius 2 is 2.00 bits per heavy atom. The van der Waals surface area contributed by atoms with Crippen LogP contribution in [-0.4, -0.2) is 25.5 Å². The number of rotatable bonds is 7. The van der Waals surface area contributed by atoms with Crippen LogP contribution in [0.2, 0.25) is 0 Å². The lowest BCUT2D eigenvalue weighted by molar-refractivity contribution is -0.120. The predicted molar refractivity (Wildman–Crippen MR) is 112 cm³/mol. The third kappa shape index (κ3) is 6.47. The van der Waals surface area contributed by atoms with Crippen LogP contribution in [0.4, 0.5) is 8.78 Å². The van der Waals surface area contributed by atoms with Gasteiger partial charge in [-0.2, -0.15) is 0 Å². The van der Waals surface area contributed by atoms with E-state index in [1.807, 2.05) is 30.3 Å². The third-order valence-electron chi connectivity index (χ3n) is 4.73. The van der Waals surface area contributed by atoms with Crippen LogP contribution in [0.5, 0.6) is 0 Å². The molecule has 1 saturated heterocycles. The first-order valence-electron chi connectivity index (χ1n) is 9.28. The maximum atomic E-state index is 14.1. The zero-order valence-corrected chi connectivity index (χ0v) is 17.1. The molecule has 1 aliphatic heterocycles. The second-order valence-electron chi connectivity index (χ2n) is 6.78. The second kappa shape index (κ2) is 11.4. The van der Waals surface area contributed by atoms with E-state index in [0.717, 1.165) is 55.0 Å².